The van der Waals surface area contributed by atoms with Gasteiger partial charge < -0.3 is 39.2 Å². The van der Waals surface area contributed by atoms with E-state index in [9.17, 15) is 29.1 Å². The van der Waals surface area contributed by atoms with Crippen molar-refractivity contribution in [3.05, 3.63) is 83.7 Å². The Bertz CT molecular complexity index is 2600. The zero-order chi connectivity index (χ0) is 50.4. The Morgan fingerprint density at radius 2 is 1.81 bits per heavy atom. The number of esters is 1. The number of aromatic nitrogens is 2. The van der Waals surface area contributed by atoms with Crippen LogP contribution < -0.4 is 10.7 Å². The van der Waals surface area contributed by atoms with Crippen LogP contribution in [-0.2, 0) is 52.8 Å². The Morgan fingerprint density at radius 3 is 2.54 bits per heavy atom. The van der Waals surface area contributed by atoms with Gasteiger partial charge in [0.1, 0.15) is 23.9 Å². The largest absolute Gasteiger partial charge is 0.508 e. The molecule has 0 unspecified atom stereocenters. The number of nitrogens with zero attached hydrogens (tertiary/aromatic N) is 6. The molecule has 7 rings (SSSR count). The van der Waals surface area contributed by atoms with Crippen LogP contribution in [-0.4, -0.2) is 143 Å². The summed E-state index contributed by atoms with van der Waals surface area (Å²) in [6, 6.07) is 12.6. The Balaban J connectivity index is 1.27. The van der Waals surface area contributed by atoms with Crippen LogP contribution in [0.1, 0.15) is 90.2 Å². The first-order valence-electron chi connectivity index (χ1n) is 24.8. The molecule has 2 saturated heterocycles. The van der Waals surface area contributed by atoms with Crippen molar-refractivity contribution in [1.82, 2.24) is 40.0 Å². The third-order valence-corrected chi connectivity index (χ3v) is 13.7. The van der Waals surface area contributed by atoms with E-state index < -0.39 is 41.3 Å². The van der Waals surface area contributed by atoms with Gasteiger partial charge in [-0.3, -0.25) is 34.0 Å². The number of pyridine rings is 1. The molecular weight excluding hydrogens is 889 g/mol. The number of rotatable bonds is 11. The molecule has 6 bridgehead atoms. The van der Waals surface area contributed by atoms with E-state index in [1.165, 1.54) is 5.01 Å². The van der Waals surface area contributed by atoms with Crippen molar-refractivity contribution >= 4 is 40.5 Å². The molecule has 16 heteroatoms. The maximum atomic E-state index is 14.8. The number of hydrazine groups is 1. The highest BCUT2D eigenvalue weighted by Crippen LogP contribution is 2.42. The molecule has 16 nitrogen and oxygen atoms in total. The van der Waals surface area contributed by atoms with E-state index in [0.29, 0.717) is 50.9 Å². The first kappa shape index (κ1) is 51.7. The van der Waals surface area contributed by atoms with Gasteiger partial charge in [-0.15, -0.1) is 0 Å². The monoisotopic (exact) mass is 961 g/mol. The second-order valence-electron chi connectivity index (χ2n) is 20.4. The average molecular weight is 961 g/mol. The first-order valence-corrected chi connectivity index (χ1v) is 24.8. The smallest absolute Gasteiger partial charge is 0.324 e. The second-order valence-corrected chi connectivity index (χ2v) is 20.4. The van der Waals surface area contributed by atoms with Crippen molar-refractivity contribution in [2.24, 2.45) is 11.3 Å². The van der Waals surface area contributed by atoms with Crippen LogP contribution in [0.25, 0.3) is 33.3 Å². The summed E-state index contributed by atoms with van der Waals surface area (Å²) in [7, 11) is 5.51. The van der Waals surface area contributed by atoms with Crippen LogP contribution in [0.2, 0.25) is 0 Å². The Morgan fingerprint density at radius 1 is 1.03 bits per heavy atom. The predicted octanol–water partition coefficient (Wildman–Crippen LogP) is 6.05. The van der Waals surface area contributed by atoms with Gasteiger partial charge in [0, 0.05) is 93.4 Å². The number of phenolic OH excluding ortho intramolecular Hbond substituents is 1. The van der Waals surface area contributed by atoms with E-state index in [2.05, 4.69) is 54.3 Å². The minimum absolute atomic E-state index is 0.00402. The molecule has 4 aromatic rings. The number of aromatic hydroxyl groups is 1. The number of benzene rings is 2. The lowest BCUT2D eigenvalue weighted by Crippen LogP contribution is -2.62. The SMILES string of the molecule is CCn1c(-c2cccnc2[C@H](C)OC)c2c3cc(ccc31)-c1cc(O)cc(c1)C[C@H](NC(=O)[C@H](C(C)C)N1CCCN(C(=O)/C=C/CN(C)C)CCC1=O)C(=O)N1CCC[C@H](N1)C(=O)OCC(C)(C)C2. The molecule has 4 atom stereocenters. The normalized spacial score (nSPS) is 20.3. The van der Waals surface area contributed by atoms with Crippen molar-refractivity contribution in [3.63, 3.8) is 0 Å². The van der Waals surface area contributed by atoms with Crippen molar-refractivity contribution in [1.29, 1.82) is 0 Å². The molecule has 0 radical (unpaired) electrons. The van der Waals surface area contributed by atoms with Gasteiger partial charge in [-0.05, 0) is 118 Å². The van der Waals surface area contributed by atoms with Crippen LogP contribution in [0.3, 0.4) is 0 Å². The molecule has 0 aliphatic carbocycles. The van der Waals surface area contributed by atoms with Crippen LogP contribution in [0.4, 0.5) is 0 Å². The molecule has 4 amide bonds. The number of methoxy groups -OCH3 is 1. The summed E-state index contributed by atoms with van der Waals surface area (Å²) in [6.07, 6.45) is 6.83. The molecular formula is C54H72N8O8. The third kappa shape index (κ3) is 11.7. The zero-order valence-corrected chi connectivity index (χ0v) is 42.4. The van der Waals surface area contributed by atoms with E-state index in [1.807, 2.05) is 58.0 Å². The number of hydrogen-bond acceptors (Lipinski definition) is 11. The van der Waals surface area contributed by atoms with Gasteiger partial charge >= 0.3 is 5.97 Å². The minimum atomic E-state index is -1.16. The lowest BCUT2D eigenvalue weighted by Gasteiger charge is -2.38. The average Bonchev–Trinajstić information content (AvgIpc) is 3.62. The fourth-order valence-electron chi connectivity index (χ4n) is 10.2. The summed E-state index contributed by atoms with van der Waals surface area (Å²) in [5, 5.41) is 16.8. The molecule has 2 aromatic heterocycles. The van der Waals surface area contributed by atoms with E-state index in [1.54, 1.807) is 47.4 Å². The van der Waals surface area contributed by atoms with E-state index >= 15 is 0 Å². The number of hydrogen-bond donors (Lipinski definition) is 3. The van der Waals surface area contributed by atoms with Crippen LogP contribution >= 0.6 is 0 Å². The summed E-state index contributed by atoms with van der Waals surface area (Å²) < 4.78 is 14.2. The fourth-order valence-corrected chi connectivity index (χ4v) is 10.2. The third-order valence-electron chi connectivity index (χ3n) is 13.7. The molecule has 0 spiro atoms. The fraction of sp³-hybridized carbons (Fsp3) is 0.519. The van der Waals surface area contributed by atoms with Crippen LogP contribution in [0.5, 0.6) is 5.75 Å². The van der Waals surface area contributed by atoms with Gasteiger partial charge in [-0.2, -0.15) is 0 Å². The van der Waals surface area contributed by atoms with Crippen molar-refractivity contribution in [2.45, 2.75) is 111 Å². The topological polar surface area (TPSA) is 179 Å². The molecule has 3 aliphatic heterocycles. The van der Waals surface area contributed by atoms with Crippen LogP contribution in [0.15, 0.2) is 66.9 Å². The molecule has 5 heterocycles. The number of cyclic esters (lactones) is 1. The Hall–Kier alpha value is -6.10. The van der Waals surface area contributed by atoms with E-state index in [-0.39, 0.29) is 68.7 Å². The van der Waals surface area contributed by atoms with Crippen molar-refractivity contribution < 1.29 is 38.6 Å². The lowest BCUT2D eigenvalue weighted by molar-refractivity contribution is -0.155. The van der Waals surface area contributed by atoms with Gasteiger partial charge in [0.15, 0.2) is 0 Å². The molecule has 70 heavy (non-hydrogen) atoms. The molecule has 3 N–H and O–H groups in total. The molecule has 376 valence electrons. The highest BCUT2D eigenvalue weighted by atomic mass is 16.5. The standard InChI is InChI=1S/C54H72N8O8/c1-10-60-45-19-18-37-31-41(45)42(50(60)40-15-11-21-55-48(40)35(4)69-9)32-54(5,6)33-70-53(68)43-16-12-25-62(57-43)52(67)44(29-36-27-38(37)30-39(63)28-36)56-51(66)49(34(2)3)61-24-14-23-59(26-20-47(61)65)46(64)17-13-22-58(7)8/h11,13,15,17-19,21,27-28,30-31,34-35,43-44,49,57,63H,10,12,14,16,20,22-26,29,32-33H2,1-9H3,(H,56,66)/b17-13+/t35-,43-,44-,49-/m0/s1. The van der Waals surface area contributed by atoms with Crippen LogP contribution in [0, 0.1) is 11.3 Å². The van der Waals surface area contributed by atoms with Gasteiger partial charge in [0.25, 0.3) is 5.91 Å². The predicted molar refractivity (Wildman–Crippen MR) is 269 cm³/mol. The summed E-state index contributed by atoms with van der Waals surface area (Å²) in [5.74, 6) is -2.19. The maximum absolute atomic E-state index is 14.8. The van der Waals surface area contributed by atoms with Gasteiger partial charge in [-0.25, -0.2) is 5.43 Å². The van der Waals surface area contributed by atoms with Gasteiger partial charge in [0.2, 0.25) is 17.7 Å². The number of ether oxygens (including phenoxy) is 2. The maximum Gasteiger partial charge on any atom is 0.324 e. The molecule has 2 aromatic carbocycles. The number of likely N-dealkylation sites (N-methyl/N-ethyl adjacent to an activating group) is 1. The second kappa shape index (κ2) is 22.3. The summed E-state index contributed by atoms with van der Waals surface area (Å²) in [5.41, 5.74) is 9.57. The van der Waals surface area contributed by atoms with E-state index in [4.69, 9.17) is 14.5 Å². The first-order chi connectivity index (χ1) is 33.4. The Labute approximate surface area is 412 Å². The highest BCUT2D eigenvalue weighted by molar-refractivity contribution is 5.96. The highest BCUT2D eigenvalue weighted by Gasteiger charge is 2.39. The number of phenols is 1. The molecule has 3 aliphatic rings. The minimum Gasteiger partial charge on any atom is -0.508 e. The number of carbonyl (C=O) groups excluding carboxylic acids is 5. The van der Waals surface area contributed by atoms with E-state index in [0.717, 1.165) is 44.5 Å². The number of aryl methyl sites for hydroxylation is 1. The van der Waals surface area contributed by atoms with Crippen molar-refractivity contribution in [2.75, 3.05) is 60.5 Å². The molecule has 2 fully saturated rings. The number of amides is 4. The summed E-state index contributed by atoms with van der Waals surface area (Å²) >= 11 is 0. The summed E-state index contributed by atoms with van der Waals surface area (Å²) in [6.45, 7) is 14.5. The van der Waals surface area contributed by atoms with Gasteiger partial charge in [-0.1, -0.05) is 45.9 Å². The van der Waals surface area contributed by atoms with Crippen molar-refractivity contribution in [3.8, 4) is 28.1 Å². The molecule has 0 saturated carbocycles. The Kier molecular flexibility index (Phi) is 16.5. The number of nitrogens with one attached hydrogen (secondary N) is 2. The summed E-state index contributed by atoms with van der Waals surface area (Å²) in [4.78, 5) is 80.5. The number of fused-ring (bicyclic) bond motifs is 6. The lowest BCUT2D eigenvalue weighted by atomic mass is 9.84. The zero-order valence-electron chi connectivity index (χ0n) is 42.4. The quantitative estimate of drug-likeness (QED) is 0.118. The number of carbonyl (C=O) groups is 5. The van der Waals surface area contributed by atoms with Gasteiger partial charge in [0.05, 0.1) is 24.1 Å².